The predicted octanol–water partition coefficient (Wildman–Crippen LogP) is 4.64. The third-order valence-corrected chi connectivity index (χ3v) is 5.49. The first kappa shape index (κ1) is 17.9. The molecule has 1 fully saturated rings. The fourth-order valence-corrected chi connectivity index (χ4v) is 3.81. The van der Waals surface area contributed by atoms with Gasteiger partial charge in [0.2, 0.25) is 0 Å². The van der Waals surface area contributed by atoms with Gasteiger partial charge in [0.05, 0.1) is 12.3 Å². The molecule has 0 radical (unpaired) electrons. The van der Waals surface area contributed by atoms with Gasteiger partial charge in [-0.25, -0.2) is 0 Å². The van der Waals surface area contributed by atoms with Gasteiger partial charge in [0.1, 0.15) is 5.75 Å². The summed E-state index contributed by atoms with van der Waals surface area (Å²) >= 11 is 9.59. The summed E-state index contributed by atoms with van der Waals surface area (Å²) in [5, 5.41) is 3.84. The first-order valence-electron chi connectivity index (χ1n) is 8.65. The molecule has 1 atom stereocenters. The molecule has 4 nitrogen and oxygen atoms in total. The highest BCUT2D eigenvalue weighted by Gasteiger charge is 2.58. The molecule has 4 rings (SSSR count). The zero-order valence-corrected chi connectivity index (χ0v) is 16.8. The first-order chi connectivity index (χ1) is 12.6. The normalized spacial score (nSPS) is 20.3. The molecule has 2 N–H and O–H groups in total. The van der Waals surface area contributed by atoms with Gasteiger partial charge < -0.3 is 10.1 Å². The van der Waals surface area contributed by atoms with E-state index < -0.39 is 5.60 Å². The molecule has 136 valence electrons. The van der Waals surface area contributed by atoms with E-state index in [2.05, 4.69) is 32.8 Å². The van der Waals surface area contributed by atoms with Crippen LogP contribution in [0.25, 0.3) is 5.70 Å². The Morgan fingerprint density at radius 3 is 2.81 bits per heavy atom. The highest BCUT2D eigenvalue weighted by Crippen LogP contribution is 2.61. The van der Waals surface area contributed by atoms with Gasteiger partial charge >= 0.3 is 0 Å². The predicted molar refractivity (Wildman–Crippen MR) is 107 cm³/mol. The van der Waals surface area contributed by atoms with Gasteiger partial charge in [-0.15, -0.1) is 0 Å². The topological polar surface area (TPSA) is 42.5 Å². The standard InChI is InChI=1S/C20H20BrClN2O2/c1-23-9-2-10-25-24-19-16-8-5-14(21)11-18(16)26-20(12-17(19)20)13-3-6-15(22)7-4-13/h3-8,11,23-24H,2,9-10,12H2,1H3. The Morgan fingerprint density at radius 1 is 1.23 bits per heavy atom. The van der Waals surface area contributed by atoms with Crippen LogP contribution in [-0.4, -0.2) is 20.2 Å². The molecule has 0 aromatic heterocycles. The molecule has 1 heterocycles. The lowest BCUT2D eigenvalue weighted by Crippen LogP contribution is -2.25. The van der Waals surface area contributed by atoms with Gasteiger partial charge in [0.25, 0.3) is 0 Å². The van der Waals surface area contributed by atoms with E-state index in [-0.39, 0.29) is 0 Å². The van der Waals surface area contributed by atoms with Gasteiger partial charge in [-0.05, 0) is 50.3 Å². The quantitative estimate of drug-likeness (QED) is 0.491. The van der Waals surface area contributed by atoms with Gasteiger partial charge in [0, 0.05) is 32.6 Å². The third kappa shape index (κ3) is 3.25. The Balaban J connectivity index is 1.65. The number of nitrogens with one attached hydrogen (secondary N) is 2. The van der Waals surface area contributed by atoms with Crippen LogP contribution in [0.3, 0.4) is 0 Å². The lowest BCUT2D eigenvalue weighted by Gasteiger charge is -2.26. The molecule has 0 saturated heterocycles. The van der Waals surface area contributed by atoms with Crippen LogP contribution in [0.4, 0.5) is 0 Å². The molecule has 2 aromatic rings. The van der Waals surface area contributed by atoms with Crippen LogP contribution in [-0.2, 0) is 10.4 Å². The van der Waals surface area contributed by atoms with Crippen molar-refractivity contribution < 1.29 is 9.57 Å². The van der Waals surface area contributed by atoms with Crippen molar-refractivity contribution in [1.29, 1.82) is 0 Å². The van der Waals surface area contributed by atoms with Crippen molar-refractivity contribution in [2.24, 2.45) is 0 Å². The Bertz CT molecular complexity index is 853. The molecule has 0 bridgehead atoms. The molecular formula is C20H20BrClN2O2. The average Bonchev–Trinajstić information content (AvgIpc) is 3.36. The van der Waals surface area contributed by atoms with Crippen molar-refractivity contribution in [1.82, 2.24) is 10.8 Å². The maximum absolute atomic E-state index is 6.44. The summed E-state index contributed by atoms with van der Waals surface area (Å²) in [6, 6.07) is 13.9. The van der Waals surface area contributed by atoms with Crippen LogP contribution in [0.1, 0.15) is 24.0 Å². The summed E-state index contributed by atoms with van der Waals surface area (Å²) in [5.41, 5.74) is 7.12. The first-order valence-corrected chi connectivity index (χ1v) is 9.82. The molecule has 2 aliphatic rings. The van der Waals surface area contributed by atoms with Crippen molar-refractivity contribution in [3.63, 3.8) is 0 Å². The molecule has 1 saturated carbocycles. The van der Waals surface area contributed by atoms with Crippen LogP contribution in [0.5, 0.6) is 5.75 Å². The second-order valence-corrected chi connectivity index (χ2v) is 7.87. The van der Waals surface area contributed by atoms with E-state index in [0.29, 0.717) is 6.61 Å². The largest absolute Gasteiger partial charge is 0.477 e. The Labute approximate surface area is 166 Å². The maximum Gasteiger partial charge on any atom is 0.162 e. The maximum atomic E-state index is 6.44. The number of halogens is 2. The van der Waals surface area contributed by atoms with E-state index in [0.717, 1.165) is 51.5 Å². The minimum absolute atomic E-state index is 0.422. The van der Waals surface area contributed by atoms with Crippen molar-refractivity contribution in [3.8, 4) is 5.75 Å². The van der Waals surface area contributed by atoms with Gasteiger partial charge in [-0.1, -0.05) is 39.7 Å². The number of benzene rings is 2. The SMILES string of the molecule is CNCCCONC1=C2CC2(c2ccc(Cl)cc2)Oc2cc(Br)ccc21. The average molecular weight is 436 g/mol. The number of ether oxygens (including phenoxy) is 1. The van der Waals surface area contributed by atoms with Gasteiger partial charge in [-0.2, -0.15) is 0 Å². The summed E-state index contributed by atoms with van der Waals surface area (Å²) in [6.07, 6.45) is 1.78. The van der Waals surface area contributed by atoms with Crippen LogP contribution >= 0.6 is 27.5 Å². The van der Waals surface area contributed by atoms with Crippen molar-refractivity contribution >= 4 is 33.2 Å². The number of rotatable bonds is 7. The highest BCUT2D eigenvalue weighted by molar-refractivity contribution is 9.10. The molecule has 1 aliphatic heterocycles. The van der Waals surface area contributed by atoms with Crippen molar-refractivity contribution in [2.75, 3.05) is 20.2 Å². The smallest absolute Gasteiger partial charge is 0.162 e. The number of hydroxylamine groups is 1. The molecule has 0 amide bonds. The fourth-order valence-electron chi connectivity index (χ4n) is 3.35. The number of hydrogen-bond donors (Lipinski definition) is 2. The zero-order chi connectivity index (χ0) is 18.1. The van der Waals surface area contributed by atoms with E-state index in [1.165, 1.54) is 5.57 Å². The Kier molecular flexibility index (Phi) is 4.97. The van der Waals surface area contributed by atoms with Crippen LogP contribution in [0, 0.1) is 0 Å². The summed E-state index contributed by atoms with van der Waals surface area (Å²) in [7, 11) is 1.94. The minimum atomic E-state index is -0.422. The molecule has 26 heavy (non-hydrogen) atoms. The second kappa shape index (κ2) is 7.24. The lowest BCUT2D eigenvalue weighted by molar-refractivity contribution is 0.0748. The minimum Gasteiger partial charge on any atom is -0.477 e. The van der Waals surface area contributed by atoms with E-state index in [9.17, 15) is 0 Å². The summed E-state index contributed by atoms with van der Waals surface area (Å²) in [4.78, 5) is 5.72. The van der Waals surface area contributed by atoms with Crippen molar-refractivity contribution in [2.45, 2.75) is 18.4 Å². The van der Waals surface area contributed by atoms with Crippen LogP contribution < -0.4 is 15.5 Å². The number of hydrogen-bond acceptors (Lipinski definition) is 4. The van der Waals surface area contributed by atoms with Gasteiger partial charge in [-0.3, -0.25) is 10.3 Å². The Morgan fingerprint density at radius 2 is 2.04 bits per heavy atom. The molecule has 6 heteroatoms. The van der Waals surface area contributed by atoms with E-state index in [1.54, 1.807) is 0 Å². The Hall–Kier alpha value is -1.53. The molecule has 2 aromatic carbocycles. The monoisotopic (exact) mass is 434 g/mol. The fraction of sp³-hybridized carbons (Fsp3) is 0.300. The summed E-state index contributed by atoms with van der Waals surface area (Å²) < 4.78 is 7.43. The van der Waals surface area contributed by atoms with Crippen LogP contribution in [0.15, 0.2) is 52.5 Å². The molecule has 1 unspecified atom stereocenters. The highest BCUT2D eigenvalue weighted by atomic mass is 79.9. The molecule has 1 aliphatic carbocycles. The zero-order valence-electron chi connectivity index (χ0n) is 14.4. The van der Waals surface area contributed by atoms with Crippen LogP contribution in [0.2, 0.25) is 5.02 Å². The van der Waals surface area contributed by atoms with E-state index >= 15 is 0 Å². The van der Waals surface area contributed by atoms with Gasteiger partial charge in [0.15, 0.2) is 5.60 Å². The molecular weight excluding hydrogens is 416 g/mol. The third-order valence-electron chi connectivity index (χ3n) is 4.75. The lowest BCUT2D eigenvalue weighted by atomic mass is 10.0. The van der Waals surface area contributed by atoms with Crippen molar-refractivity contribution in [3.05, 3.63) is 68.7 Å². The summed E-state index contributed by atoms with van der Waals surface area (Å²) in [6.45, 7) is 1.56. The van der Waals surface area contributed by atoms with E-state index in [4.69, 9.17) is 21.2 Å². The van der Waals surface area contributed by atoms with E-state index in [1.807, 2.05) is 43.4 Å². The second-order valence-electron chi connectivity index (χ2n) is 6.51. The summed E-state index contributed by atoms with van der Waals surface area (Å²) in [5.74, 6) is 0.844. The molecule has 0 spiro atoms. The number of fused-ring (bicyclic) bond motifs is 2.